The van der Waals surface area contributed by atoms with Crippen LogP contribution in [0.2, 0.25) is 0 Å². The van der Waals surface area contributed by atoms with Gasteiger partial charge in [0.2, 0.25) is 0 Å². The molecule has 0 bridgehead atoms. The number of aromatic nitrogens is 4. The Balaban J connectivity index is 1.38. The van der Waals surface area contributed by atoms with Crippen LogP contribution in [0.1, 0.15) is 56.5 Å². The smallest absolute Gasteiger partial charge is 0.173 e. The monoisotopic (exact) mass is 547 g/mol. The number of benzene rings is 2. The fourth-order valence-electron chi connectivity index (χ4n) is 4.98. The Kier molecular flexibility index (Phi) is 7.97. The fourth-order valence-corrected chi connectivity index (χ4v) is 4.98. The van der Waals surface area contributed by atoms with Crippen LogP contribution < -0.4 is 24.4 Å². The number of imidazole rings is 1. The van der Waals surface area contributed by atoms with Gasteiger partial charge in [0.1, 0.15) is 16.9 Å². The van der Waals surface area contributed by atoms with Crippen molar-refractivity contribution in [3.05, 3.63) is 65.2 Å². The first-order chi connectivity index (χ1) is 19.3. The lowest BCUT2D eigenvalue weighted by molar-refractivity contribution is -0.0393. The predicted octanol–water partition coefficient (Wildman–Crippen LogP) is 5.09. The Labute approximate surface area is 233 Å². The predicted molar refractivity (Wildman–Crippen MR) is 150 cm³/mol. The SMILES string of the molecule is COc1ccc(COC(C)(C)c2nc3c([nH]2)c(=N)ncn3Cc2ccc(OC)c(OC3CCCC3)c2)cc1OC. The van der Waals surface area contributed by atoms with Crippen LogP contribution in [-0.2, 0) is 23.5 Å². The number of aromatic amines is 1. The van der Waals surface area contributed by atoms with Gasteiger partial charge in [0.25, 0.3) is 0 Å². The molecule has 2 aromatic carbocycles. The molecule has 0 spiro atoms. The molecule has 0 saturated heterocycles. The molecular formula is C30H37N5O5. The van der Waals surface area contributed by atoms with Crippen molar-refractivity contribution in [3.63, 3.8) is 0 Å². The van der Waals surface area contributed by atoms with Crippen LogP contribution in [0.3, 0.4) is 0 Å². The molecule has 1 aliphatic rings. The molecule has 1 saturated carbocycles. The maximum absolute atomic E-state index is 8.39. The number of hydrogen-bond acceptors (Lipinski definition) is 8. The molecule has 2 aromatic heterocycles. The Bertz CT molecular complexity index is 1540. The zero-order chi connectivity index (χ0) is 28.3. The number of ether oxygens (including phenoxy) is 5. The molecular weight excluding hydrogens is 510 g/mol. The van der Waals surface area contributed by atoms with E-state index in [2.05, 4.69) is 9.97 Å². The Morgan fingerprint density at radius 3 is 2.27 bits per heavy atom. The van der Waals surface area contributed by atoms with Crippen molar-refractivity contribution in [2.45, 2.75) is 64.4 Å². The van der Waals surface area contributed by atoms with Crippen molar-refractivity contribution in [1.29, 1.82) is 5.41 Å². The minimum Gasteiger partial charge on any atom is -0.493 e. The Hall–Kier alpha value is -4.05. The summed E-state index contributed by atoms with van der Waals surface area (Å²) < 4.78 is 30.8. The van der Waals surface area contributed by atoms with E-state index in [9.17, 15) is 0 Å². The van der Waals surface area contributed by atoms with E-state index in [1.807, 2.05) is 54.8 Å². The summed E-state index contributed by atoms with van der Waals surface area (Å²) in [7, 11) is 4.88. The van der Waals surface area contributed by atoms with E-state index < -0.39 is 5.60 Å². The van der Waals surface area contributed by atoms with Crippen molar-refractivity contribution < 1.29 is 23.7 Å². The quantitative estimate of drug-likeness (QED) is 0.269. The van der Waals surface area contributed by atoms with Crippen LogP contribution in [-0.4, -0.2) is 47.0 Å². The normalized spacial score (nSPS) is 14.0. The lowest BCUT2D eigenvalue weighted by atomic mass is 10.1. The molecule has 0 amide bonds. The van der Waals surface area contributed by atoms with E-state index in [0.29, 0.717) is 41.6 Å². The van der Waals surface area contributed by atoms with Crippen LogP contribution in [0.25, 0.3) is 11.2 Å². The highest BCUT2D eigenvalue weighted by Gasteiger charge is 2.27. The second-order valence-corrected chi connectivity index (χ2v) is 10.5. The largest absolute Gasteiger partial charge is 0.493 e. The van der Waals surface area contributed by atoms with Gasteiger partial charge in [-0.3, -0.25) is 5.41 Å². The summed E-state index contributed by atoms with van der Waals surface area (Å²) in [6, 6.07) is 11.7. The highest BCUT2D eigenvalue weighted by atomic mass is 16.5. The molecule has 0 unspecified atom stereocenters. The standard InChI is InChI=1S/C30H37N5O5/c1-30(2,39-17-20-11-13-22(36-3)24(15-20)38-5)29-33-26-27(31)32-18-35(28(26)34-29)16-19-10-12-23(37-4)25(14-19)40-21-8-6-7-9-21/h10-15,18,21,31H,6-9,16-17H2,1-5H3,(H,33,34). The van der Waals surface area contributed by atoms with E-state index in [1.54, 1.807) is 27.7 Å². The molecule has 10 nitrogen and oxygen atoms in total. The molecule has 0 aliphatic heterocycles. The molecule has 1 fully saturated rings. The number of nitrogens with one attached hydrogen (secondary N) is 2. The summed E-state index contributed by atoms with van der Waals surface area (Å²) in [6.07, 6.45) is 6.40. The summed E-state index contributed by atoms with van der Waals surface area (Å²) >= 11 is 0. The van der Waals surface area contributed by atoms with Gasteiger partial charge in [-0.15, -0.1) is 0 Å². The fraction of sp³-hybridized carbons (Fsp3) is 0.433. The number of nitrogens with zero attached hydrogens (tertiary/aromatic N) is 3. The maximum atomic E-state index is 8.39. The molecule has 4 aromatic rings. The van der Waals surface area contributed by atoms with Gasteiger partial charge in [-0.05, 0) is 74.9 Å². The number of fused-ring (bicyclic) bond motifs is 1. The van der Waals surface area contributed by atoms with Gasteiger partial charge < -0.3 is 33.2 Å². The van der Waals surface area contributed by atoms with E-state index in [-0.39, 0.29) is 11.6 Å². The average molecular weight is 548 g/mol. The molecule has 5 rings (SSSR count). The summed E-state index contributed by atoms with van der Waals surface area (Å²) in [5.74, 6) is 3.39. The molecule has 1 aliphatic carbocycles. The van der Waals surface area contributed by atoms with Gasteiger partial charge in [0, 0.05) is 0 Å². The maximum Gasteiger partial charge on any atom is 0.173 e. The first-order valence-electron chi connectivity index (χ1n) is 13.5. The molecule has 0 atom stereocenters. The van der Waals surface area contributed by atoms with Gasteiger partial charge in [0.05, 0.1) is 46.9 Å². The summed E-state index contributed by atoms with van der Waals surface area (Å²) in [5, 5.41) is 8.39. The first kappa shape index (κ1) is 27.5. The number of rotatable bonds is 11. The van der Waals surface area contributed by atoms with Crippen LogP contribution in [0.15, 0.2) is 42.7 Å². The third-order valence-electron chi connectivity index (χ3n) is 7.31. The highest BCUT2D eigenvalue weighted by Crippen LogP contribution is 2.33. The second kappa shape index (κ2) is 11.6. The molecule has 10 heteroatoms. The van der Waals surface area contributed by atoms with Crippen molar-refractivity contribution in [2.75, 3.05) is 21.3 Å². The summed E-state index contributed by atoms with van der Waals surface area (Å²) in [5.41, 5.74) is 2.51. The number of H-pyrrole nitrogens is 1. The number of methoxy groups -OCH3 is 3. The van der Waals surface area contributed by atoms with Crippen molar-refractivity contribution >= 4 is 11.2 Å². The van der Waals surface area contributed by atoms with Gasteiger partial charge in [-0.1, -0.05) is 12.1 Å². The van der Waals surface area contributed by atoms with Crippen molar-refractivity contribution in [3.8, 4) is 23.0 Å². The molecule has 212 valence electrons. The topological polar surface area (TPSA) is 117 Å². The van der Waals surface area contributed by atoms with Crippen LogP contribution in [0.4, 0.5) is 0 Å². The molecule has 0 radical (unpaired) electrons. The zero-order valence-electron chi connectivity index (χ0n) is 23.7. The van der Waals surface area contributed by atoms with Crippen molar-refractivity contribution in [1.82, 2.24) is 19.5 Å². The van der Waals surface area contributed by atoms with Gasteiger partial charge >= 0.3 is 0 Å². The zero-order valence-corrected chi connectivity index (χ0v) is 23.7. The molecule has 2 N–H and O–H groups in total. The van der Waals surface area contributed by atoms with Crippen LogP contribution in [0, 0.1) is 5.41 Å². The van der Waals surface area contributed by atoms with Crippen molar-refractivity contribution in [2.24, 2.45) is 0 Å². The summed E-state index contributed by atoms with van der Waals surface area (Å²) in [4.78, 5) is 12.5. The third-order valence-corrected chi connectivity index (χ3v) is 7.31. The van der Waals surface area contributed by atoms with E-state index in [0.717, 1.165) is 35.5 Å². The minimum atomic E-state index is -0.765. The highest BCUT2D eigenvalue weighted by molar-refractivity contribution is 5.69. The lowest BCUT2D eigenvalue weighted by Gasteiger charge is -2.23. The van der Waals surface area contributed by atoms with E-state index in [1.165, 1.54) is 12.8 Å². The van der Waals surface area contributed by atoms with Crippen LogP contribution in [0.5, 0.6) is 23.0 Å². The molecule has 2 heterocycles. The van der Waals surface area contributed by atoms with E-state index in [4.69, 9.17) is 34.1 Å². The third kappa shape index (κ3) is 5.77. The summed E-state index contributed by atoms with van der Waals surface area (Å²) in [6.45, 7) is 4.74. The second-order valence-electron chi connectivity index (χ2n) is 10.5. The molecule has 40 heavy (non-hydrogen) atoms. The lowest BCUT2D eigenvalue weighted by Crippen LogP contribution is -2.23. The average Bonchev–Trinajstić information content (AvgIpc) is 3.65. The van der Waals surface area contributed by atoms with E-state index >= 15 is 0 Å². The van der Waals surface area contributed by atoms with Crippen LogP contribution >= 0.6 is 0 Å². The van der Waals surface area contributed by atoms with Gasteiger partial charge in [-0.25, -0.2) is 9.97 Å². The Morgan fingerprint density at radius 1 is 0.925 bits per heavy atom. The minimum absolute atomic E-state index is 0.126. The number of hydrogen-bond donors (Lipinski definition) is 2. The van der Waals surface area contributed by atoms with Gasteiger partial charge in [-0.2, -0.15) is 0 Å². The first-order valence-corrected chi connectivity index (χ1v) is 13.5. The van der Waals surface area contributed by atoms with Gasteiger partial charge in [0.15, 0.2) is 34.1 Å². The Morgan fingerprint density at radius 2 is 1.57 bits per heavy atom.